The third kappa shape index (κ3) is 4.21. The lowest BCUT2D eigenvalue weighted by Gasteiger charge is -2.65. The van der Waals surface area contributed by atoms with Crippen LogP contribution in [0.5, 0.6) is 5.75 Å². The van der Waals surface area contributed by atoms with Crippen molar-refractivity contribution in [1.82, 2.24) is 4.90 Å². The van der Waals surface area contributed by atoms with E-state index in [1.807, 2.05) is 6.07 Å². The number of hydrogen-bond donors (Lipinski definition) is 0. The molecule has 0 N–H and O–H groups in total. The second-order valence-corrected chi connectivity index (χ2v) is 9.93. The number of carbonyl (C=O) groups is 1. The molecule has 1 saturated carbocycles. The first-order valence-corrected chi connectivity index (χ1v) is 10.8. The molecule has 3 rings (SSSR count). The number of rotatable bonds is 5. The van der Waals surface area contributed by atoms with Crippen LogP contribution in [0.15, 0.2) is 42.5 Å². The van der Waals surface area contributed by atoms with E-state index in [1.54, 1.807) is 49.3 Å². The molecule has 8 nitrogen and oxygen atoms in total. The fraction of sp³-hybridized carbons (Fsp3) is 0.417. The van der Waals surface area contributed by atoms with Crippen molar-refractivity contribution in [1.29, 1.82) is 5.26 Å². The minimum atomic E-state index is -0.474. The standard InChI is InChI=1S/C24H27ClN4O4/c1-23(2)20(24(3,4)21(23)33-18-12-7-15(14-26)19(25)13-18)28(6)22(30)27(5)16-8-10-17(11-9-16)29(31)32/h7-13,20-21H,1-6H3. The van der Waals surface area contributed by atoms with E-state index in [9.17, 15) is 14.9 Å². The summed E-state index contributed by atoms with van der Waals surface area (Å²) in [6, 6.07) is 12.5. The summed E-state index contributed by atoms with van der Waals surface area (Å²) in [5, 5.41) is 20.3. The van der Waals surface area contributed by atoms with Gasteiger partial charge in [-0.25, -0.2) is 4.79 Å². The average Bonchev–Trinajstić information content (AvgIpc) is 2.76. The van der Waals surface area contributed by atoms with Crippen LogP contribution in [0.1, 0.15) is 33.3 Å². The Morgan fingerprint density at radius 3 is 2.18 bits per heavy atom. The molecule has 0 aliphatic heterocycles. The maximum atomic E-state index is 13.3. The molecule has 174 valence electrons. The molecular weight excluding hydrogens is 444 g/mol. The Labute approximate surface area is 198 Å². The van der Waals surface area contributed by atoms with Crippen LogP contribution in [0.25, 0.3) is 0 Å². The predicted octanol–water partition coefficient (Wildman–Crippen LogP) is 5.49. The number of non-ortho nitro benzene ring substituents is 1. The van der Waals surface area contributed by atoms with E-state index in [4.69, 9.17) is 21.6 Å². The van der Waals surface area contributed by atoms with Gasteiger partial charge in [-0.3, -0.25) is 15.0 Å². The summed E-state index contributed by atoms with van der Waals surface area (Å²) in [4.78, 5) is 26.9. The Balaban J connectivity index is 1.78. The minimum Gasteiger partial charge on any atom is -0.489 e. The summed E-state index contributed by atoms with van der Waals surface area (Å²) in [6.45, 7) is 8.20. The number of ether oxygens (including phenoxy) is 1. The molecule has 2 aromatic rings. The number of benzene rings is 2. The first-order valence-electron chi connectivity index (χ1n) is 10.4. The fourth-order valence-electron chi connectivity index (χ4n) is 5.46. The average molecular weight is 471 g/mol. The summed E-state index contributed by atoms with van der Waals surface area (Å²) in [6.07, 6.45) is -0.209. The largest absolute Gasteiger partial charge is 0.489 e. The van der Waals surface area contributed by atoms with Gasteiger partial charge in [0.15, 0.2) is 0 Å². The molecular formula is C24H27ClN4O4. The van der Waals surface area contributed by atoms with Crippen molar-refractivity contribution < 1.29 is 14.5 Å². The number of anilines is 1. The maximum Gasteiger partial charge on any atom is 0.324 e. The van der Waals surface area contributed by atoms with Crippen LogP contribution in [0.4, 0.5) is 16.2 Å². The summed E-state index contributed by atoms with van der Waals surface area (Å²) in [5.74, 6) is 0.570. The monoisotopic (exact) mass is 470 g/mol. The van der Waals surface area contributed by atoms with Crippen LogP contribution in [-0.2, 0) is 0 Å². The number of nitro groups is 1. The molecule has 1 aliphatic rings. The molecule has 2 amide bonds. The van der Waals surface area contributed by atoms with Crippen LogP contribution >= 0.6 is 11.6 Å². The molecule has 0 spiro atoms. The van der Waals surface area contributed by atoms with Gasteiger partial charge in [0.05, 0.1) is 21.6 Å². The van der Waals surface area contributed by atoms with E-state index in [1.165, 1.54) is 17.0 Å². The molecule has 9 heteroatoms. The molecule has 0 radical (unpaired) electrons. The van der Waals surface area contributed by atoms with Crippen molar-refractivity contribution in [3.63, 3.8) is 0 Å². The number of urea groups is 1. The second-order valence-electron chi connectivity index (χ2n) is 9.52. The van der Waals surface area contributed by atoms with Gasteiger partial charge in [-0.05, 0) is 24.3 Å². The van der Waals surface area contributed by atoms with Crippen LogP contribution < -0.4 is 9.64 Å². The number of nitro benzene ring substituents is 1. The van der Waals surface area contributed by atoms with Gasteiger partial charge in [0, 0.05) is 48.8 Å². The van der Waals surface area contributed by atoms with Gasteiger partial charge in [0.2, 0.25) is 0 Å². The Bertz CT molecular complexity index is 1110. The van der Waals surface area contributed by atoms with Crippen molar-refractivity contribution in [2.75, 3.05) is 19.0 Å². The number of hydrogen-bond acceptors (Lipinski definition) is 5. The van der Waals surface area contributed by atoms with Crippen molar-refractivity contribution in [3.8, 4) is 11.8 Å². The number of nitriles is 1. The molecule has 0 unspecified atom stereocenters. The van der Waals surface area contributed by atoms with Crippen LogP contribution in [0.3, 0.4) is 0 Å². The Morgan fingerprint density at radius 2 is 1.70 bits per heavy atom. The lowest BCUT2D eigenvalue weighted by molar-refractivity contribution is -0.384. The van der Waals surface area contributed by atoms with Crippen molar-refractivity contribution in [2.45, 2.75) is 39.8 Å². The first kappa shape index (κ1) is 24.3. The molecule has 0 aromatic heterocycles. The lowest BCUT2D eigenvalue weighted by atomic mass is 9.49. The second kappa shape index (κ2) is 8.56. The molecule has 0 saturated heterocycles. The lowest BCUT2D eigenvalue weighted by Crippen LogP contribution is -2.75. The van der Waals surface area contributed by atoms with Gasteiger partial charge in [-0.15, -0.1) is 0 Å². The quantitative estimate of drug-likeness (QED) is 0.425. The SMILES string of the molecule is CN(C(=O)N(C)C1C(C)(C)C(Oc2ccc(C#N)c(Cl)c2)C1(C)C)c1ccc([N+](=O)[O-])cc1. The van der Waals surface area contributed by atoms with E-state index >= 15 is 0 Å². The van der Waals surface area contributed by atoms with Gasteiger partial charge in [-0.1, -0.05) is 39.3 Å². The smallest absolute Gasteiger partial charge is 0.324 e. The predicted molar refractivity (Wildman–Crippen MR) is 127 cm³/mol. The number of amides is 2. The molecule has 0 heterocycles. The molecule has 33 heavy (non-hydrogen) atoms. The summed E-state index contributed by atoms with van der Waals surface area (Å²) < 4.78 is 6.29. The van der Waals surface area contributed by atoms with Crippen molar-refractivity contribution in [3.05, 3.63) is 63.2 Å². The number of halogens is 1. The minimum absolute atomic E-state index is 0.0305. The van der Waals surface area contributed by atoms with E-state index in [0.29, 0.717) is 22.0 Å². The van der Waals surface area contributed by atoms with Gasteiger partial charge in [-0.2, -0.15) is 5.26 Å². The van der Waals surface area contributed by atoms with Crippen molar-refractivity contribution >= 4 is 29.0 Å². The van der Waals surface area contributed by atoms with Gasteiger partial charge >= 0.3 is 6.03 Å². The van der Waals surface area contributed by atoms with E-state index < -0.39 is 4.92 Å². The highest BCUT2D eigenvalue weighted by Gasteiger charge is 2.66. The third-order valence-electron chi connectivity index (χ3n) is 6.50. The zero-order chi connectivity index (χ0) is 24.7. The van der Waals surface area contributed by atoms with Gasteiger partial charge in [0.1, 0.15) is 17.9 Å². The van der Waals surface area contributed by atoms with E-state index in [2.05, 4.69) is 27.7 Å². The highest BCUT2D eigenvalue weighted by Crippen LogP contribution is 2.57. The highest BCUT2D eigenvalue weighted by atomic mass is 35.5. The van der Waals surface area contributed by atoms with Crippen LogP contribution in [0, 0.1) is 32.3 Å². The Hall–Kier alpha value is -3.31. The number of nitrogens with zero attached hydrogens (tertiary/aromatic N) is 4. The van der Waals surface area contributed by atoms with Gasteiger partial charge in [0.25, 0.3) is 5.69 Å². The summed E-state index contributed by atoms with van der Waals surface area (Å²) >= 11 is 6.16. The summed E-state index contributed by atoms with van der Waals surface area (Å²) in [7, 11) is 3.40. The van der Waals surface area contributed by atoms with Crippen LogP contribution in [-0.4, -0.2) is 42.1 Å². The fourth-order valence-corrected chi connectivity index (χ4v) is 5.67. The third-order valence-corrected chi connectivity index (χ3v) is 6.81. The Morgan fingerprint density at radius 1 is 1.12 bits per heavy atom. The van der Waals surface area contributed by atoms with E-state index in [0.717, 1.165) is 0 Å². The highest BCUT2D eigenvalue weighted by molar-refractivity contribution is 6.31. The zero-order valence-corrected chi connectivity index (χ0v) is 20.3. The molecule has 1 fully saturated rings. The zero-order valence-electron chi connectivity index (χ0n) is 19.5. The molecule has 2 aromatic carbocycles. The molecule has 1 aliphatic carbocycles. The van der Waals surface area contributed by atoms with Crippen LogP contribution in [0.2, 0.25) is 5.02 Å². The first-order chi connectivity index (χ1) is 15.3. The Kier molecular flexibility index (Phi) is 6.31. The number of carbonyl (C=O) groups excluding carboxylic acids is 1. The van der Waals surface area contributed by atoms with Crippen molar-refractivity contribution in [2.24, 2.45) is 10.8 Å². The molecule has 0 bridgehead atoms. The molecule has 0 atom stereocenters. The topological polar surface area (TPSA) is 99.7 Å². The maximum absolute atomic E-state index is 13.3. The normalized spacial score (nSPS) is 20.2. The van der Waals surface area contributed by atoms with Gasteiger partial charge < -0.3 is 9.64 Å². The van der Waals surface area contributed by atoms with E-state index in [-0.39, 0.29) is 34.7 Å². The summed E-state index contributed by atoms with van der Waals surface area (Å²) in [5.41, 5.74) is 0.146.